The molecule has 0 aliphatic rings. The highest BCUT2D eigenvalue weighted by Gasteiger charge is 2.23. The van der Waals surface area contributed by atoms with Crippen LogP contribution in [0.2, 0.25) is 4.34 Å². The maximum absolute atomic E-state index is 11.9. The van der Waals surface area contributed by atoms with Gasteiger partial charge in [-0.2, -0.15) is 0 Å². The van der Waals surface area contributed by atoms with Crippen molar-refractivity contribution in [2.24, 2.45) is 5.92 Å². The third-order valence-electron chi connectivity index (χ3n) is 2.58. The van der Waals surface area contributed by atoms with E-state index in [9.17, 15) is 18.0 Å². The summed E-state index contributed by atoms with van der Waals surface area (Å²) in [7, 11) is -3.84. The van der Waals surface area contributed by atoms with Crippen LogP contribution in [0.5, 0.6) is 0 Å². The molecule has 1 atom stereocenters. The third kappa shape index (κ3) is 5.91. The van der Waals surface area contributed by atoms with Gasteiger partial charge in [0.2, 0.25) is 5.91 Å². The summed E-state index contributed by atoms with van der Waals surface area (Å²) in [6, 6.07) is 1.71. The number of thiophene rings is 1. The Bertz CT molecular complexity index is 642. The van der Waals surface area contributed by atoms with Crippen molar-refractivity contribution < 1.29 is 23.1 Å². The Morgan fingerprint density at radius 2 is 2.00 bits per heavy atom. The Labute approximate surface area is 137 Å². The molecule has 3 N–H and O–H groups in total. The van der Waals surface area contributed by atoms with Gasteiger partial charge in [0.05, 0.1) is 10.9 Å². The fourth-order valence-electron chi connectivity index (χ4n) is 1.61. The van der Waals surface area contributed by atoms with E-state index in [0.717, 1.165) is 11.3 Å². The van der Waals surface area contributed by atoms with Crippen LogP contribution in [0.15, 0.2) is 16.3 Å². The first kappa shape index (κ1) is 18.9. The van der Waals surface area contributed by atoms with E-state index >= 15 is 0 Å². The number of aliphatic carboxylic acids is 1. The van der Waals surface area contributed by atoms with Crippen molar-refractivity contribution in [2.45, 2.75) is 30.5 Å². The van der Waals surface area contributed by atoms with Crippen LogP contribution >= 0.6 is 22.9 Å². The number of carboxylic acid groups (broad SMARTS) is 1. The monoisotopic (exact) mass is 368 g/mol. The molecule has 0 saturated heterocycles. The van der Waals surface area contributed by atoms with E-state index in [4.69, 9.17) is 16.7 Å². The maximum atomic E-state index is 11.9. The Kier molecular flexibility index (Phi) is 6.79. The Morgan fingerprint density at radius 3 is 2.45 bits per heavy atom. The Hall–Kier alpha value is -1.16. The van der Waals surface area contributed by atoms with E-state index in [1.807, 2.05) is 13.8 Å². The lowest BCUT2D eigenvalue weighted by Gasteiger charge is -2.16. The molecule has 124 valence electrons. The minimum absolute atomic E-state index is 0.0118. The SMILES string of the molecule is CC(C)C[C@H](NC(=O)CNS(=O)(=O)c1ccc(Cl)s1)C(=O)O. The number of carboxylic acids is 1. The summed E-state index contributed by atoms with van der Waals surface area (Å²) in [6.07, 6.45) is 0.258. The molecule has 0 fully saturated rings. The molecular weight excluding hydrogens is 352 g/mol. The molecule has 1 aromatic heterocycles. The van der Waals surface area contributed by atoms with E-state index in [1.54, 1.807) is 0 Å². The summed E-state index contributed by atoms with van der Waals surface area (Å²) in [6.45, 7) is 3.11. The first-order valence-corrected chi connectivity index (χ1v) is 9.06. The number of carbonyl (C=O) groups excluding carboxylic acids is 1. The lowest BCUT2D eigenvalue weighted by atomic mass is 10.0. The third-order valence-corrected chi connectivity index (χ3v) is 5.70. The van der Waals surface area contributed by atoms with Gasteiger partial charge >= 0.3 is 5.97 Å². The van der Waals surface area contributed by atoms with Crippen molar-refractivity contribution in [3.05, 3.63) is 16.5 Å². The normalized spacial score (nSPS) is 13.1. The summed E-state index contributed by atoms with van der Waals surface area (Å²) in [5.74, 6) is -1.79. The molecule has 0 unspecified atom stereocenters. The highest BCUT2D eigenvalue weighted by atomic mass is 35.5. The van der Waals surface area contributed by atoms with Gasteiger partial charge in [-0.25, -0.2) is 17.9 Å². The number of amides is 1. The standard InChI is InChI=1S/C12H17ClN2O5S2/c1-7(2)5-8(12(17)18)15-10(16)6-14-22(19,20)11-4-3-9(13)21-11/h3-4,7-8,14H,5-6H2,1-2H3,(H,15,16)(H,17,18)/t8-/m0/s1. The van der Waals surface area contributed by atoms with E-state index in [0.29, 0.717) is 4.34 Å². The molecule has 22 heavy (non-hydrogen) atoms. The first-order valence-electron chi connectivity index (χ1n) is 6.39. The van der Waals surface area contributed by atoms with Crippen LogP contribution in [0.4, 0.5) is 0 Å². The summed E-state index contributed by atoms with van der Waals surface area (Å²) in [5.41, 5.74) is 0. The van der Waals surface area contributed by atoms with Crippen LogP contribution in [-0.4, -0.2) is 38.0 Å². The zero-order valence-electron chi connectivity index (χ0n) is 12.0. The molecule has 0 aromatic carbocycles. The number of hydrogen-bond donors (Lipinski definition) is 3. The maximum Gasteiger partial charge on any atom is 0.326 e. The number of hydrogen-bond acceptors (Lipinski definition) is 5. The van der Waals surface area contributed by atoms with Gasteiger partial charge in [-0.1, -0.05) is 25.4 Å². The predicted molar refractivity (Wildman–Crippen MR) is 83.5 cm³/mol. The molecule has 1 heterocycles. The van der Waals surface area contributed by atoms with Gasteiger partial charge in [0.15, 0.2) is 0 Å². The van der Waals surface area contributed by atoms with Crippen molar-refractivity contribution >= 4 is 44.8 Å². The fourth-order valence-corrected chi connectivity index (χ4v) is 4.12. The first-order chi connectivity index (χ1) is 10.1. The van der Waals surface area contributed by atoms with Gasteiger partial charge < -0.3 is 10.4 Å². The number of rotatable bonds is 8. The zero-order chi connectivity index (χ0) is 16.9. The Morgan fingerprint density at radius 1 is 1.36 bits per heavy atom. The van der Waals surface area contributed by atoms with Crippen molar-refractivity contribution in [1.82, 2.24) is 10.0 Å². The average molecular weight is 369 g/mol. The molecule has 0 aliphatic heterocycles. The lowest BCUT2D eigenvalue weighted by molar-refractivity contribution is -0.142. The summed E-state index contributed by atoms with van der Waals surface area (Å²) in [4.78, 5) is 22.7. The highest BCUT2D eigenvalue weighted by molar-refractivity contribution is 7.91. The molecule has 0 spiro atoms. The Balaban J connectivity index is 2.60. The predicted octanol–water partition coefficient (Wildman–Crippen LogP) is 1.30. The molecule has 0 bridgehead atoms. The number of carbonyl (C=O) groups is 2. The molecule has 1 rings (SSSR count). The molecule has 7 nitrogen and oxygen atoms in total. The minimum atomic E-state index is -3.84. The average Bonchev–Trinajstić information content (AvgIpc) is 2.82. The summed E-state index contributed by atoms with van der Waals surface area (Å²) < 4.78 is 26.2. The topological polar surface area (TPSA) is 113 Å². The van der Waals surface area contributed by atoms with Gasteiger partial charge in [-0.15, -0.1) is 11.3 Å². The molecule has 0 aliphatic carbocycles. The van der Waals surface area contributed by atoms with Gasteiger partial charge in [0.1, 0.15) is 10.3 Å². The fraction of sp³-hybridized carbons (Fsp3) is 0.500. The van der Waals surface area contributed by atoms with Crippen LogP contribution in [0.25, 0.3) is 0 Å². The quantitative estimate of drug-likeness (QED) is 0.640. The second kappa shape index (κ2) is 7.91. The number of sulfonamides is 1. The van der Waals surface area contributed by atoms with Crippen LogP contribution < -0.4 is 10.0 Å². The minimum Gasteiger partial charge on any atom is -0.480 e. The second-order valence-electron chi connectivity index (χ2n) is 4.97. The van der Waals surface area contributed by atoms with Gasteiger partial charge in [0.25, 0.3) is 10.0 Å². The van der Waals surface area contributed by atoms with Crippen molar-refractivity contribution in [2.75, 3.05) is 6.54 Å². The van der Waals surface area contributed by atoms with Crippen molar-refractivity contribution in [3.8, 4) is 0 Å². The van der Waals surface area contributed by atoms with E-state index < -0.39 is 34.5 Å². The number of nitrogens with one attached hydrogen (secondary N) is 2. The summed E-state index contributed by atoms with van der Waals surface area (Å²) >= 11 is 6.53. The van der Waals surface area contributed by atoms with E-state index in [1.165, 1.54) is 12.1 Å². The highest BCUT2D eigenvalue weighted by Crippen LogP contribution is 2.25. The molecule has 0 saturated carbocycles. The smallest absolute Gasteiger partial charge is 0.326 e. The zero-order valence-corrected chi connectivity index (χ0v) is 14.4. The second-order valence-corrected chi connectivity index (χ2v) is 8.68. The molecule has 10 heteroatoms. The number of halogens is 1. The van der Waals surface area contributed by atoms with Crippen LogP contribution in [0, 0.1) is 5.92 Å². The van der Waals surface area contributed by atoms with Gasteiger partial charge in [0, 0.05) is 0 Å². The van der Waals surface area contributed by atoms with E-state index in [2.05, 4.69) is 10.0 Å². The van der Waals surface area contributed by atoms with Gasteiger partial charge in [-0.3, -0.25) is 4.79 Å². The molecule has 1 aromatic rings. The molecule has 0 radical (unpaired) electrons. The molecule has 1 amide bonds. The van der Waals surface area contributed by atoms with Crippen molar-refractivity contribution in [1.29, 1.82) is 0 Å². The van der Waals surface area contributed by atoms with Crippen molar-refractivity contribution in [3.63, 3.8) is 0 Å². The van der Waals surface area contributed by atoms with Gasteiger partial charge in [-0.05, 0) is 24.5 Å². The molecular formula is C12H17ClN2O5S2. The van der Waals surface area contributed by atoms with Crippen LogP contribution in [-0.2, 0) is 19.6 Å². The van der Waals surface area contributed by atoms with Crippen LogP contribution in [0.1, 0.15) is 20.3 Å². The van der Waals surface area contributed by atoms with E-state index in [-0.39, 0.29) is 16.5 Å². The lowest BCUT2D eigenvalue weighted by Crippen LogP contribution is -2.46. The van der Waals surface area contributed by atoms with Crippen LogP contribution in [0.3, 0.4) is 0 Å². The summed E-state index contributed by atoms with van der Waals surface area (Å²) in [5, 5.41) is 11.3. The largest absolute Gasteiger partial charge is 0.480 e.